The van der Waals surface area contributed by atoms with Crippen LogP contribution in [0, 0.1) is 0 Å². The molecule has 1 aliphatic heterocycles. The Bertz CT molecular complexity index is 983. The van der Waals surface area contributed by atoms with Crippen LogP contribution in [0.25, 0.3) is 0 Å². The number of nitrogens with zero attached hydrogens (tertiary/aromatic N) is 1. The molecule has 0 atom stereocenters. The second-order valence-electron chi connectivity index (χ2n) is 7.26. The molecule has 1 heterocycles. The van der Waals surface area contributed by atoms with Gasteiger partial charge in [0, 0.05) is 13.1 Å². The Hall–Kier alpha value is -2.58. The van der Waals surface area contributed by atoms with Crippen LogP contribution < -0.4 is 14.8 Å². The van der Waals surface area contributed by atoms with Crippen molar-refractivity contribution in [3.8, 4) is 11.5 Å². The van der Waals surface area contributed by atoms with Crippen LogP contribution in [0.2, 0.25) is 0 Å². The van der Waals surface area contributed by atoms with Gasteiger partial charge in [-0.1, -0.05) is 25.0 Å². The molecule has 0 unspecified atom stereocenters. The van der Waals surface area contributed by atoms with Gasteiger partial charge in [-0.2, -0.15) is 4.31 Å². The number of nitrogens with one attached hydrogen (secondary N) is 1. The molecule has 2 aromatic carbocycles. The van der Waals surface area contributed by atoms with Crippen LogP contribution in [-0.2, 0) is 21.2 Å². The molecule has 1 fully saturated rings. The van der Waals surface area contributed by atoms with E-state index < -0.39 is 10.0 Å². The highest BCUT2D eigenvalue weighted by molar-refractivity contribution is 7.89. The van der Waals surface area contributed by atoms with E-state index in [2.05, 4.69) is 5.32 Å². The zero-order valence-electron chi connectivity index (χ0n) is 17.4. The van der Waals surface area contributed by atoms with Crippen molar-refractivity contribution in [3.05, 3.63) is 48.0 Å². The Balaban J connectivity index is 1.80. The first-order chi connectivity index (χ1) is 14.4. The van der Waals surface area contributed by atoms with Gasteiger partial charge in [0.05, 0.1) is 31.2 Å². The molecule has 1 amide bonds. The molecule has 7 nitrogen and oxygen atoms in total. The van der Waals surface area contributed by atoms with Gasteiger partial charge in [0.15, 0.2) is 0 Å². The standard InChI is InChI=1S/C22H28N2O5S/c1-28-18-9-7-8-17(14-18)15-22(25)23-20-16-19(10-11-21(20)29-2)30(26,27)24-12-5-3-4-6-13-24/h7-11,14,16H,3-6,12-13,15H2,1-2H3,(H,23,25). The minimum atomic E-state index is -3.63. The van der Waals surface area contributed by atoms with Crippen LogP contribution in [0.4, 0.5) is 5.69 Å². The summed E-state index contributed by atoms with van der Waals surface area (Å²) in [7, 11) is -0.575. The molecule has 1 saturated heterocycles. The fourth-order valence-corrected chi connectivity index (χ4v) is 5.08. The van der Waals surface area contributed by atoms with E-state index in [-0.39, 0.29) is 17.2 Å². The lowest BCUT2D eigenvalue weighted by molar-refractivity contribution is -0.115. The van der Waals surface area contributed by atoms with E-state index >= 15 is 0 Å². The van der Waals surface area contributed by atoms with Gasteiger partial charge < -0.3 is 14.8 Å². The molecule has 0 saturated carbocycles. The first-order valence-electron chi connectivity index (χ1n) is 10.0. The molecular weight excluding hydrogens is 404 g/mol. The maximum Gasteiger partial charge on any atom is 0.243 e. The smallest absolute Gasteiger partial charge is 0.243 e. The minimum absolute atomic E-state index is 0.128. The zero-order valence-corrected chi connectivity index (χ0v) is 18.2. The lowest BCUT2D eigenvalue weighted by Gasteiger charge is -2.21. The van der Waals surface area contributed by atoms with E-state index in [0.717, 1.165) is 31.2 Å². The largest absolute Gasteiger partial charge is 0.497 e. The first-order valence-corrected chi connectivity index (χ1v) is 11.5. The predicted molar refractivity (Wildman–Crippen MR) is 116 cm³/mol. The third-order valence-corrected chi connectivity index (χ3v) is 7.04. The number of sulfonamides is 1. The molecule has 2 aromatic rings. The summed E-state index contributed by atoms with van der Waals surface area (Å²) in [6, 6.07) is 11.8. The molecule has 1 aliphatic rings. The average molecular weight is 433 g/mol. The summed E-state index contributed by atoms with van der Waals surface area (Å²) >= 11 is 0. The van der Waals surface area contributed by atoms with Gasteiger partial charge in [-0.25, -0.2) is 8.42 Å². The number of hydrogen-bond acceptors (Lipinski definition) is 5. The molecule has 0 bridgehead atoms. The van der Waals surface area contributed by atoms with Crippen molar-refractivity contribution in [2.75, 3.05) is 32.6 Å². The average Bonchev–Trinajstić information content (AvgIpc) is 3.04. The zero-order chi connectivity index (χ0) is 21.6. The van der Waals surface area contributed by atoms with Gasteiger partial charge in [0.1, 0.15) is 11.5 Å². The lowest BCUT2D eigenvalue weighted by atomic mass is 10.1. The molecule has 0 aromatic heterocycles. The van der Waals surface area contributed by atoms with Crippen LogP contribution in [0.3, 0.4) is 0 Å². The SMILES string of the molecule is COc1cccc(CC(=O)Nc2cc(S(=O)(=O)N3CCCCCC3)ccc2OC)c1. The van der Waals surface area contributed by atoms with Crippen LogP contribution in [0.15, 0.2) is 47.4 Å². The summed E-state index contributed by atoms with van der Waals surface area (Å²) in [6.45, 7) is 1.04. The Morgan fingerprint density at radius 2 is 1.73 bits per heavy atom. The van der Waals surface area contributed by atoms with E-state index in [9.17, 15) is 13.2 Å². The van der Waals surface area contributed by atoms with Crippen molar-refractivity contribution in [1.29, 1.82) is 0 Å². The second kappa shape index (κ2) is 9.95. The number of ether oxygens (including phenoxy) is 2. The first kappa shape index (κ1) is 22.1. The van der Waals surface area contributed by atoms with Gasteiger partial charge in [0.2, 0.25) is 15.9 Å². The van der Waals surface area contributed by atoms with Gasteiger partial charge in [-0.05, 0) is 48.7 Å². The van der Waals surface area contributed by atoms with Crippen LogP contribution in [0.5, 0.6) is 11.5 Å². The Kier molecular flexibility index (Phi) is 7.33. The number of rotatable bonds is 7. The van der Waals surface area contributed by atoms with E-state index in [1.165, 1.54) is 23.5 Å². The third-order valence-electron chi connectivity index (χ3n) is 5.15. The molecule has 30 heavy (non-hydrogen) atoms. The van der Waals surface area contributed by atoms with Crippen molar-refractivity contribution in [1.82, 2.24) is 4.31 Å². The molecule has 1 N–H and O–H groups in total. The maximum atomic E-state index is 13.1. The summed E-state index contributed by atoms with van der Waals surface area (Å²) in [5.41, 5.74) is 1.13. The molecule has 3 rings (SSSR count). The number of carbonyl (C=O) groups excluding carboxylic acids is 1. The highest BCUT2D eigenvalue weighted by Gasteiger charge is 2.26. The number of amides is 1. The molecule has 0 aliphatic carbocycles. The topological polar surface area (TPSA) is 84.9 Å². The van der Waals surface area contributed by atoms with Crippen molar-refractivity contribution in [3.63, 3.8) is 0 Å². The van der Waals surface area contributed by atoms with Gasteiger partial charge >= 0.3 is 0 Å². The normalized spacial score (nSPS) is 15.3. The Morgan fingerprint density at radius 1 is 1.00 bits per heavy atom. The van der Waals surface area contributed by atoms with E-state index in [1.54, 1.807) is 19.2 Å². The van der Waals surface area contributed by atoms with E-state index in [4.69, 9.17) is 9.47 Å². The fraction of sp³-hybridized carbons (Fsp3) is 0.409. The van der Waals surface area contributed by atoms with Crippen molar-refractivity contribution >= 4 is 21.6 Å². The van der Waals surface area contributed by atoms with Gasteiger partial charge in [-0.15, -0.1) is 0 Å². The highest BCUT2D eigenvalue weighted by atomic mass is 32.2. The van der Waals surface area contributed by atoms with E-state index in [0.29, 0.717) is 30.3 Å². The fourth-order valence-electron chi connectivity index (χ4n) is 3.54. The number of carbonyl (C=O) groups is 1. The van der Waals surface area contributed by atoms with Gasteiger partial charge in [0.25, 0.3) is 0 Å². The summed E-state index contributed by atoms with van der Waals surface area (Å²) < 4.78 is 38.2. The van der Waals surface area contributed by atoms with Crippen LogP contribution in [0.1, 0.15) is 31.2 Å². The monoisotopic (exact) mass is 432 g/mol. The van der Waals surface area contributed by atoms with Crippen molar-refractivity contribution < 1.29 is 22.7 Å². The molecule has 8 heteroatoms. The lowest BCUT2D eigenvalue weighted by Crippen LogP contribution is -2.32. The van der Waals surface area contributed by atoms with Crippen molar-refractivity contribution in [2.45, 2.75) is 37.0 Å². The third kappa shape index (κ3) is 5.31. The Labute approximate surface area is 178 Å². The van der Waals surface area contributed by atoms with Gasteiger partial charge in [-0.3, -0.25) is 4.79 Å². The molecule has 0 radical (unpaired) electrons. The second-order valence-corrected chi connectivity index (χ2v) is 9.19. The summed E-state index contributed by atoms with van der Waals surface area (Å²) in [6.07, 6.45) is 3.93. The summed E-state index contributed by atoms with van der Waals surface area (Å²) in [5.74, 6) is 0.804. The number of hydrogen-bond donors (Lipinski definition) is 1. The maximum absolute atomic E-state index is 13.1. The van der Waals surface area contributed by atoms with E-state index in [1.807, 2.05) is 18.2 Å². The summed E-state index contributed by atoms with van der Waals surface area (Å²) in [4.78, 5) is 12.7. The predicted octanol–water partition coefficient (Wildman–Crippen LogP) is 3.45. The number of benzene rings is 2. The number of anilines is 1. The van der Waals surface area contributed by atoms with Crippen molar-refractivity contribution in [2.24, 2.45) is 0 Å². The molecule has 162 valence electrons. The summed E-state index contributed by atoms with van der Waals surface area (Å²) in [5, 5.41) is 2.79. The number of methoxy groups -OCH3 is 2. The highest BCUT2D eigenvalue weighted by Crippen LogP contribution is 2.30. The molecule has 0 spiro atoms. The minimum Gasteiger partial charge on any atom is -0.497 e. The van der Waals surface area contributed by atoms with Crippen LogP contribution in [-0.4, -0.2) is 45.9 Å². The Morgan fingerprint density at radius 3 is 2.40 bits per heavy atom. The quantitative estimate of drug-likeness (QED) is 0.724. The molecular formula is C22H28N2O5S. The van der Waals surface area contributed by atoms with Crippen LogP contribution >= 0.6 is 0 Å².